The molecule has 25 heavy (non-hydrogen) atoms. The van der Waals surface area contributed by atoms with Gasteiger partial charge < -0.3 is 9.52 Å². The van der Waals surface area contributed by atoms with E-state index in [0.29, 0.717) is 33.0 Å². The van der Waals surface area contributed by atoms with E-state index in [0.717, 1.165) is 15.4 Å². The Balaban J connectivity index is 2.02. The Kier molecular flexibility index (Phi) is 3.78. The van der Waals surface area contributed by atoms with Gasteiger partial charge >= 0.3 is 5.97 Å². The van der Waals surface area contributed by atoms with E-state index in [1.165, 1.54) is 6.07 Å². The minimum absolute atomic E-state index is 0.146. The first kappa shape index (κ1) is 16.1. The second kappa shape index (κ2) is 5.86. The number of benzene rings is 2. The van der Waals surface area contributed by atoms with Crippen LogP contribution in [0.4, 0.5) is 0 Å². The average molecular weight is 417 g/mol. The van der Waals surface area contributed by atoms with Gasteiger partial charge in [0.25, 0.3) is 0 Å². The Morgan fingerprint density at radius 1 is 1.20 bits per heavy atom. The molecular formula is C19H11BrClNO3. The number of carboxylic acid groups (broad SMARTS) is 1. The van der Waals surface area contributed by atoms with Crippen molar-refractivity contribution in [3.8, 4) is 11.5 Å². The van der Waals surface area contributed by atoms with Crippen molar-refractivity contribution < 1.29 is 14.3 Å². The maximum absolute atomic E-state index is 11.7. The van der Waals surface area contributed by atoms with Gasteiger partial charge in [-0.2, -0.15) is 0 Å². The second-order valence-corrected chi connectivity index (χ2v) is 7.12. The van der Waals surface area contributed by atoms with Gasteiger partial charge in [-0.3, -0.25) is 0 Å². The summed E-state index contributed by atoms with van der Waals surface area (Å²) in [5, 5.41) is 11.5. The standard InChI is InChI=1S/C19H11BrClNO3/c1-9-4-12(21)7-13-14(19(23)24)8-15(22-18(9)13)17-6-10-5-11(20)2-3-16(10)25-17/h2-8H,1H3,(H,23,24). The third-order valence-electron chi connectivity index (χ3n) is 4.03. The van der Waals surface area contributed by atoms with E-state index in [-0.39, 0.29) is 5.56 Å². The predicted molar refractivity (Wildman–Crippen MR) is 101 cm³/mol. The molecule has 2 heterocycles. The van der Waals surface area contributed by atoms with Crippen LogP contribution in [0.25, 0.3) is 33.3 Å². The van der Waals surface area contributed by atoms with Gasteiger partial charge in [-0.05, 0) is 55.0 Å². The number of pyridine rings is 1. The number of hydrogen-bond acceptors (Lipinski definition) is 3. The zero-order valence-electron chi connectivity index (χ0n) is 13.0. The maximum Gasteiger partial charge on any atom is 0.336 e. The van der Waals surface area contributed by atoms with Crippen LogP contribution in [-0.2, 0) is 0 Å². The lowest BCUT2D eigenvalue weighted by Crippen LogP contribution is -2.01. The molecule has 0 unspecified atom stereocenters. The van der Waals surface area contributed by atoms with E-state index in [1.54, 1.807) is 12.1 Å². The quantitative estimate of drug-likeness (QED) is 0.431. The second-order valence-electron chi connectivity index (χ2n) is 5.77. The van der Waals surface area contributed by atoms with E-state index in [9.17, 15) is 9.90 Å². The van der Waals surface area contributed by atoms with Gasteiger partial charge in [-0.1, -0.05) is 27.5 Å². The summed E-state index contributed by atoms with van der Waals surface area (Å²) in [7, 11) is 0. The number of carbonyl (C=O) groups is 1. The van der Waals surface area contributed by atoms with Gasteiger partial charge in [0.2, 0.25) is 0 Å². The summed E-state index contributed by atoms with van der Waals surface area (Å²) in [6.07, 6.45) is 0. The SMILES string of the molecule is Cc1cc(Cl)cc2c(C(=O)O)cc(-c3cc4cc(Br)ccc4o3)nc12. The smallest absolute Gasteiger partial charge is 0.336 e. The molecule has 0 amide bonds. The van der Waals surface area contributed by atoms with Gasteiger partial charge in [0.05, 0.1) is 11.1 Å². The van der Waals surface area contributed by atoms with E-state index in [4.69, 9.17) is 16.0 Å². The first-order chi connectivity index (χ1) is 11.9. The molecule has 0 saturated heterocycles. The third-order valence-corrected chi connectivity index (χ3v) is 4.74. The summed E-state index contributed by atoms with van der Waals surface area (Å²) < 4.78 is 6.79. The minimum Gasteiger partial charge on any atom is -0.478 e. The van der Waals surface area contributed by atoms with Crippen molar-refractivity contribution in [2.45, 2.75) is 6.92 Å². The highest BCUT2D eigenvalue weighted by Gasteiger charge is 2.17. The normalized spacial score (nSPS) is 11.3. The zero-order chi connectivity index (χ0) is 17.7. The number of hydrogen-bond donors (Lipinski definition) is 1. The Hall–Kier alpha value is -2.37. The number of nitrogens with zero attached hydrogens (tertiary/aromatic N) is 1. The number of halogens is 2. The van der Waals surface area contributed by atoms with E-state index in [2.05, 4.69) is 20.9 Å². The molecule has 0 aliphatic heterocycles. The Morgan fingerprint density at radius 2 is 2.00 bits per heavy atom. The Labute approximate surface area is 156 Å². The number of aromatic carboxylic acids is 1. The lowest BCUT2D eigenvalue weighted by Gasteiger charge is -2.08. The van der Waals surface area contributed by atoms with E-state index >= 15 is 0 Å². The van der Waals surface area contributed by atoms with Crippen LogP contribution in [0.1, 0.15) is 15.9 Å². The molecule has 0 atom stereocenters. The average Bonchev–Trinajstić information content (AvgIpc) is 2.96. The molecule has 2 aromatic heterocycles. The van der Waals surface area contributed by atoms with Crippen LogP contribution >= 0.6 is 27.5 Å². The van der Waals surface area contributed by atoms with Crippen LogP contribution in [0.2, 0.25) is 5.02 Å². The molecule has 0 saturated carbocycles. The number of carboxylic acids is 1. The van der Waals surface area contributed by atoms with Crippen LogP contribution in [0.3, 0.4) is 0 Å². The van der Waals surface area contributed by atoms with Crippen LogP contribution < -0.4 is 0 Å². The van der Waals surface area contributed by atoms with E-state index in [1.807, 2.05) is 31.2 Å². The summed E-state index contributed by atoms with van der Waals surface area (Å²) in [4.78, 5) is 16.3. The van der Waals surface area contributed by atoms with Crippen LogP contribution in [0.15, 0.2) is 51.4 Å². The van der Waals surface area contributed by atoms with Crippen molar-refractivity contribution in [1.29, 1.82) is 0 Å². The fourth-order valence-electron chi connectivity index (χ4n) is 2.90. The highest BCUT2D eigenvalue weighted by atomic mass is 79.9. The first-order valence-corrected chi connectivity index (χ1v) is 8.63. The van der Waals surface area contributed by atoms with Gasteiger partial charge in [-0.25, -0.2) is 9.78 Å². The largest absolute Gasteiger partial charge is 0.478 e. The molecule has 0 aliphatic rings. The molecule has 4 nitrogen and oxygen atoms in total. The molecular weight excluding hydrogens is 406 g/mol. The minimum atomic E-state index is -1.03. The maximum atomic E-state index is 11.7. The first-order valence-electron chi connectivity index (χ1n) is 7.46. The fraction of sp³-hybridized carbons (Fsp3) is 0.0526. The van der Waals surface area contributed by atoms with Crippen molar-refractivity contribution in [1.82, 2.24) is 4.98 Å². The van der Waals surface area contributed by atoms with Crippen LogP contribution in [-0.4, -0.2) is 16.1 Å². The predicted octanol–water partition coefficient (Wildman–Crippen LogP) is 6.07. The Bertz CT molecular complexity index is 1170. The number of fused-ring (bicyclic) bond motifs is 2. The van der Waals surface area contributed by atoms with E-state index < -0.39 is 5.97 Å². The van der Waals surface area contributed by atoms with Gasteiger partial charge in [0.15, 0.2) is 5.76 Å². The third kappa shape index (κ3) is 2.79. The molecule has 2 aromatic carbocycles. The monoisotopic (exact) mass is 415 g/mol. The lowest BCUT2D eigenvalue weighted by molar-refractivity contribution is 0.0699. The molecule has 124 valence electrons. The Morgan fingerprint density at radius 3 is 2.76 bits per heavy atom. The summed E-state index contributed by atoms with van der Waals surface area (Å²) in [5.74, 6) is -0.513. The molecule has 0 bridgehead atoms. The van der Waals surface area contributed by atoms with Crippen molar-refractivity contribution in [3.63, 3.8) is 0 Å². The molecule has 4 aromatic rings. The van der Waals surface area contributed by atoms with Crippen molar-refractivity contribution in [2.75, 3.05) is 0 Å². The fourth-order valence-corrected chi connectivity index (χ4v) is 3.55. The molecule has 1 N–H and O–H groups in total. The summed E-state index contributed by atoms with van der Waals surface area (Å²) in [6.45, 7) is 1.85. The van der Waals surface area contributed by atoms with Crippen LogP contribution in [0, 0.1) is 6.92 Å². The molecule has 0 aliphatic carbocycles. The lowest BCUT2D eigenvalue weighted by atomic mass is 10.0. The van der Waals surface area contributed by atoms with Gasteiger partial charge in [0, 0.05) is 20.3 Å². The van der Waals surface area contributed by atoms with Gasteiger partial charge in [-0.15, -0.1) is 0 Å². The van der Waals surface area contributed by atoms with Crippen molar-refractivity contribution >= 4 is 55.4 Å². The molecule has 0 radical (unpaired) electrons. The number of aryl methyl sites for hydroxylation is 1. The van der Waals surface area contributed by atoms with Crippen molar-refractivity contribution in [2.24, 2.45) is 0 Å². The molecule has 0 fully saturated rings. The summed E-state index contributed by atoms with van der Waals surface area (Å²) >= 11 is 9.51. The molecule has 0 spiro atoms. The summed E-state index contributed by atoms with van der Waals surface area (Å²) in [5.41, 5.74) is 2.74. The van der Waals surface area contributed by atoms with Crippen molar-refractivity contribution in [3.05, 3.63) is 63.1 Å². The number of aromatic nitrogens is 1. The number of rotatable bonds is 2. The molecule has 6 heteroatoms. The van der Waals surface area contributed by atoms with Gasteiger partial charge in [0.1, 0.15) is 11.3 Å². The highest BCUT2D eigenvalue weighted by Crippen LogP contribution is 2.33. The van der Waals surface area contributed by atoms with Crippen LogP contribution in [0.5, 0.6) is 0 Å². The molecule has 4 rings (SSSR count). The zero-order valence-corrected chi connectivity index (χ0v) is 15.4. The highest BCUT2D eigenvalue weighted by molar-refractivity contribution is 9.10. The summed E-state index contributed by atoms with van der Waals surface area (Å²) in [6, 6.07) is 12.4. The number of furan rings is 1. The topological polar surface area (TPSA) is 63.3 Å².